The molecule has 24 heavy (non-hydrogen) atoms. The van der Waals surface area contributed by atoms with E-state index in [1.165, 1.54) is 17.3 Å². The van der Waals surface area contributed by atoms with Gasteiger partial charge in [-0.1, -0.05) is 6.92 Å². The van der Waals surface area contributed by atoms with Gasteiger partial charge < -0.3 is 10.2 Å². The van der Waals surface area contributed by atoms with E-state index >= 15 is 0 Å². The van der Waals surface area contributed by atoms with Crippen molar-refractivity contribution in [3.63, 3.8) is 0 Å². The van der Waals surface area contributed by atoms with E-state index in [0.29, 0.717) is 30.9 Å². The predicted molar refractivity (Wildman–Crippen MR) is 86.5 cm³/mol. The normalized spacial score (nSPS) is 15.5. The lowest BCUT2D eigenvalue weighted by atomic mass is 10.1. The van der Waals surface area contributed by atoms with Gasteiger partial charge in [-0.2, -0.15) is 5.10 Å². The van der Waals surface area contributed by atoms with Crippen molar-refractivity contribution in [2.75, 3.05) is 19.6 Å². The molecule has 1 aliphatic heterocycles. The summed E-state index contributed by atoms with van der Waals surface area (Å²) in [6.45, 7) is 4.05. The van der Waals surface area contributed by atoms with Crippen molar-refractivity contribution in [1.82, 2.24) is 30.0 Å². The second kappa shape index (κ2) is 7.20. The summed E-state index contributed by atoms with van der Waals surface area (Å²) >= 11 is 0. The molecule has 1 saturated heterocycles. The Kier molecular flexibility index (Phi) is 4.83. The molecule has 1 fully saturated rings. The second-order valence-electron chi connectivity index (χ2n) is 6.00. The molecule has 1 unspecified atom stereocenters. The second-order valence-corrected chi connectivity index (χ2v) is 6.00. The zero-order chi connectivity index (χ0) is 16.9. The van der Waals surface area contributed by atoms with Crippen LogP contribution in [0.1, 0.15) is 30.1 Å². The van der Waals surface area contributed by atoms with Gasteiger partial charge in [0.15, 0.2) is 5.82 Å². The third-order valence-electron chi connectivity index (χ3n) is 3.98. The summed E-state index contributed by atoms with van der Waals surface area (Å²) in [4.78, 5) is 33.9. The third-order valence-corrected chi connectivity index (χ3v) is 3.98. The van der Waals surface area contributed by atoms with Crippen molar-refractivity contribution in [2.24, 2.45) is 5.92 Å². The molecule has 126 valence electrons. The Hall–Kier alpha value is -2.77. The summed E-state index contributed by atoms with van der Waals surface area (Å²) in [5.41, 5.74) is 0.514. The van der Waals surface area contributed by atoms with Crippen LogP contribution >= 0.6 is 0 Å². The molecule has 3 heterocycles. The van der Waals surface area contributed by atoms with Crippen molar-refractivity contribution in [1.29, 1.82) is 0 Å². The van der Waals surface area contributed by atoms with E-state index in [1.54, 1.807) is 18.3 Å². The van der Waals surface area contributed by atoms with Crippen LogP contribution in [0.4, 0.5) is 0 Å². The van der Waals surface area contributed by atoms with Gasteiger partial charge in [-0.25, -0.2) is 14.6 Å². The van der Waals surface area contributed by atoms with E-state index in [1.807, 2.05) is 11.8 Å². The summed E-state index contributed by atoms with van der Waals surface area (Å²) in [7, 11) is 0. The third kappa shape index (κ3) is 3.76. The number of hydrogen-bond acceptors (Lipinski definition) is 5. The van der Waals surface area contributed by atoms with Crippen molar-refractivity contribution in [3.05, 3.63) is 36.5 Å². The van der Waals surface area contributed by atoms with Crippen molar-refractivity contribution in [3.8, 4) is 5.82 Å². The smallest absolute Gasteiger partial charge is 0.251 e. The van der Waals surface area contributed by atoms with Gasteiger partial charge in [-0.3, -0.25) is 9.59 Å². The number of hydrogen-bond donors (Lipinski definition) is 1. The molecule has 0 aliphatic carbocycles. The van der Waals surface area contributed by atoms with Crippen LogP contribution in [0.15, 0.2) is 31.0 Å². The van der Waals surface area contributed by atoms with E-state index < -0.39 is 0 Å². The van der Waals surface area contributed by atoms with Gasteiger partial charge >= 0.3 is 0 Å². The number of nitrogens with one attached hydrogen (secondary N) is 1. The van der Waals surface area contributed by atoms with Crippen LogP contribution in [0.5, 0.6) is 0 Å². The minimum absolute atomic E-state index is 0.168. The van der Waals surface area contributed by atoms with Crippen LogP contribution in [0.25, 0.3) is 5.82 Å². The molecule has 8 nitrogen and oxygen atoms in total. The highest BCUT2D eigenvalue weighted by Crippen LogP contribution is 2.12. The number of carbonyl (C=O) groups is 2. The Labute approximate surface area is 139 Å². The van der Waals surface area contributed by atoms with Crippen LogP contribution in [0, 0.1) is 5.92 Å². The summed E-state index contributed by atoms with van der Waals surface area (Å²) < 4.78 is 1.50. The molecule has 0 bridgehead atoms. The Morgan fingerprint density at radius 3 is 3.04 bits per heavy atom. The predicted octanol–water partition coefficient (Wildman–Crippen LogP) is 0.651. The molecule has 1 aliphatic rings. The lowest BCUT2D eigenvalue weighted by Crippen LogP contribution is -2.36. The van der Waals surface area contributed by atoms with Gasteiger partial charge in [0.05, 0.1) is 0 Å². The van der Waals surface area contributed by atoms with E-state index in [2.05, 4.69) is 20.4 Å². The maximum absolute atomic E-state index is 12.3. The summed E-state index contributed by atoms with van der Waals surface area (Å²) in [5.74, 6) is 0.779. The van der Waals surface area contributed by atoms with Gasteiger partial charge in [-0.05, 0) is 24.5 Å². The molecule has 2 aromatic heterocycles. The minimum atomic E-state index is -0.168. The van der Waals surface area contributed by atoms with Crippen molar-refractivity contribution in [2.45, 2.75) is 19.8 Å². The first-order chi connectivity index (χ1) is 11.6. The summed E-state index contributed by atoms with van der Waals surface area (Å²) in [6, 6.07) is 3.32. The number of aromatic nitrogens is 4. The highest BCUT2D eigenvalue weighted by atomic mass is 16.2. The van der Waals surface area contributed by atoms with E-state index in [4.69, 9.17) is 0 Å². The Morgan fingerprint density at radius 2 is 2.33 bits per heavy atom. The largest absolute Gasteiger partial charge is 0.352 e. The number of nitrogens with zero attached hydrogens (tertiary/aromatic N) is 5. The quantitative estimate of drug-likeness (QED) is 0.840. The lowest BCUT2D eigenvalue weighted by Gasteiger charge is -2.21. The van der Waals surface area contributed by atoms with E-state index in [-0.39, 0.29) is 17.7 Å². The van der Waals surface area contributed by atoms with Crippen LogP contribution in [0.2, 0.25) is 0 Å². The Morgan fingerprint density at radius 1 is 1.46 bits per heavy atom. The monoisotopic (exact) mass is 328 g/mol. The Bertz CT molecular complexity index is 715. The zero-order valence-corrected chi connectivity index (χ0v) is 13.6. The molecule has 2 amide bonds. The molecular weight excluding hydrogens is 308 g/mol. The van der Waals surface area contributed by atoms with Crippen LogP contribution in [0.3, 0.4) is 0 Å². The number of rotatable bonds is 6. The molecule has 0 saturated carbocycles. The van der Waals surface area contributed by atoms with Crippen molar-refractivity contribution < 1.29 is 9.59 Å². The summed E-state index contributed by atoms with van der Waals surface area (Å²) in [6.07, 6.45) is 6.08. The highest BCUT2D eigenvalue weighted by molar-refractivity contribution is 5.94. The van der Waals surface area contributed by atoms with Crippen LogP contribution in [-0.4, -0.2) is 56.1 Å². The van der Waals surface area contributed by atoms with Crippen molar-refractivity contribution >= 4 is 11.8 Å². The maximum atomic E-state index is 12.3. The first-order valence-corrected chi connectivity index (χ1v) is 8.00. The molecule has 3 rings (SSSR count). The maximum Gasteiger partial charge on any atom is 0.251 e. The fourth-order valence-electron chi connectivity index (χ4n) is 2.72. The fraction of sp³-hybridized carbons (Fsp3) is 0.438. The number of carbonyl (C=O) groups excluding carboxylic acids is 2. The molecule has 0 aromatic carbocycles. The number of pyridine rings is 1. The number of likely N-dealkylation sites (tertiary alicyclic amines) is 1. The molecule has 8 heteroatoms. The van der Waals surface area contributed by atoms with E-state index in [0.717, 1.165) is 13.0 Å². The standard InChI is InChI=1S/C16H20N6O2/c1-12(9-21-6-2-3-15(21)23)8-19-16(24)13-4-5-18-14(7-13)22-11-17-10-20-22/h4-5,7,10-12H,2-3,6,8-9H2,1H3,(H,19,24). The van der Waals surface area contributed by atoms with Gasteiger partial charge in [-0.15, -0.1) is 0 Å². The highest BCUT2D eigenvalue weighted by Gasteiger charge is 2.22. The summed E-state index contributed by atoms with van der Waals surface area (Å²) in [5, 5.41) is 6.91. The van der Waals surface area contributed by atoms with E-state index in [9.17, 15) is 9.59 Å². The lowest BCUT2D eigenvalue weighted by molar-refractivity contribution is -0.128. The molecule has 2 aromatic rings. The molecule has 0 spiro atoms. The molecular formula is C16H20N6O2. The average molecular weight is 328 g/mol. The number of amides is 2. The first kappa shape index (κ1) is 16.1. The van der Waals surface area contributed by atoms with Gasteiger partial charge in [0.1, 0.15) is 12.7 Å². The SMILES string of the molecule is CC(CNC(=O)c1ccnc(-n2cncn2)c1)CN1CCCC1=O. The van der Waals surface area contributed by atoms with Crippen LogP contribution < -0.4 is 5.32 Å². The van der Waals surface area contributed by atoms with Crippen LogP contribution in [-0.2, 0) is 4.79 Å². The molecule has 0 radical (unpaired) electrons. The topological polar surface area (TPSA) is 93.0 Å². The molecule has 1 atom stereocenters. The van der Waals surface area contributed by atoms with Gasteiger partial charge in [0.25, 0.3) is 5.91 Å². The first-order valence-electron chi connectivity index (χ1n) is 8.00. The fourth-order valence-corrected chi connectivity index (χ4v) is 2.72. The molecule has 1 N–H and O–H groups in total. The Balaban J connectivity index is 1.55. The van der Waals surface area contributed by atoms with Gasteiger partial charge in [0.2, 0.25) is 5.91 Å². The average Bonchev–Trinajstić information content (AvgIpc) is 3.25. The zero-order valence-electron chi connectivity index (χ0n) is 13.6. The minimum Gasteiger partial charge on any atom is -0.352 e. The van der Waals surface area contributed by atoms with Gasteiger partial charge in [0, 0.05) is 37.8 Å².